The zero-order chi connectivity index (χ0) is 11.8. The van der Waals surface area contributed by atoms with Gasteiger partial charge in [-0.05, 0) is 17.7 Å². The average molecular weight is 219 g/mol. The van der Waals surface area contributed by atoms with Crippen molar-refractivity contribution in [1.29, 1.82) is 0 Å². The summed E-state index contributed by atoms with van der Waals surface area (Å²) in [4.78, 5) is 2.59. The maximum atomic E-state index is 13.2. The third-order valence-corrected chi connectivity index (χ3v) is 1.86. The summed E-state index contributed by atoms with van der Waals surface area (Å²) in [6.07, 6.45) is 0.438. The van der Waals surface area contributed by atoms with Gasteiger partial charge >= 0.3 is 0 Å². The van der Waals surface area contributed by atoms with Gasteiger partial charge in [0.1, 0.15) is 5.82 Å². The lowest BCUT2D eigenvalue weighted by Gasteiger charge is -1.98. The molecule has 1 aromatic rings. The summed E-state index contributed by atoms with van der Waals surface area (Å²) in [5, 5.41) is 12.1. The van der Waals surface area contributed by atoms with Crippen LogP contribution in [-0.4, -0.2) is 11.7 Å². The third-order valence-electron chi connectivity index (χ3n) is 1.86. The second-order valence-electron chi connectivity index (χ2n) is 2.97. The van der Waals surface area contributed by atoms with Gasteiger partial charge in [0.15, 0.2) is 0 Å². The number of hydrogen-bond acceptors (Lipinski definition) is 2. The zero-order valence-corrected chi connectivity index (χ0v) is 8.52. The molecule has 0 heterocycles. The molecule has 0 saturated heterocycles. The largest absolute Gasteiger partial charge is 0.392 e. The number of hydrogen-bond donors (Lipinski definition) is 1. The molecule has 0 radical (unpaired) electrons. The number of halogens is 1. The quantitative estimate of drug-likeness (QED) is 0.274. The first-order valence-corrected chi connectivity index (χ1v) is 4.67. The van der Waals surface area contributed by atoms with Crippen molar-refractivity contribution in [3.8, 4) is 11.8 Å². The van der Waals surface area contributed by atoms with E-state index in [1.165, 1.54) is 12.1 Å². The van der Waals surface area contributed by atoms with Crippen LogP contribution in [0.5, 0.6) is 0 Å². The minimum absolute atomic E-state index is 0.250. The molecule has 0 atom stereocenters. The van der Waals surface area contributed by atoms with Gasteiger partial charge in [-0.25, -0.2) is 4.39 Å². The normalized spacial score (nSPS) is 8.88. The minimum Gasteiger partial charge on any atom is -0.392 e. The van der Waals surface area contributed by atoms with Gasteiger partial charge in [0.05, 0.1) is 6.61 Å². The van der Waals surface area contributed by atoms with Crippen LogP contribution in [-0.2, 0) is 6.61 Å². The lowest BCUT2D eigenvalue weighted by Crippen LogP contribution is -1.90. The van der Waals surface area contributed by atoms with Crippen molar-refractivity contribution in [2.24, 2.45) is 5.11 Å². The van der Waals surface area contributed by atoms with Gasteiger partial charge in [-0.2, -0.15) is 0 Å². The van der Waals surface area contributed by atoms with E-state index in [9.17, 15) is 4.39 Å². The molecule has 1 aromatic carbocycles. The summed E-state index contributed by atoms with van der Waals surface area (Å²) in [5.41, 5.74) is 8.80. The summed E-state index contributed by atoms with van der Waals surface area (Å²) in [5.74, 6) is 5.03. The fourth-order valence-electron chi connectivity index (χ4n) is 1.07. The summed E-state index contributed by atoms with van der Waals surface area (Å²) in [6.45, 7) is -0.0167. The van der Waals surface area contributed by atoms with Gasteiger partial charge in [0, 0.05) is 29.0 Å². The molecule has 0 unspecified atom stereocenters. The molecule has 1 N–H and O–H groups in total. The second kappa shape index (κ2) is 6.46. The predicted molar refractivity (Wildman–Crippen MR) is 57.8 cm³/mol. The molecule has 5 heteroatoms. The fraction of sp³-hybridized carbons (Fsp3) is 0.273. The molecular formula is C11H10FN3O. The molecule has 0 amide bonds. The van der Waals surface area contributed by atoms with E-state index < -0.39 is 5.82 Å². The van der Waals surface area contributed by atoms with Crippen molar-refractivity contribution in [1.82, 2.24) is 0 Å². The van der Waals surface area contributed by atoms with Crippen LogP contribution in [0.25, 0.3) is 10.4 Å². The highest BCUT2D eigenvalue weighted by Gasteiger charge is 2.00. The first-order chi connectivity index (χ1) is 7.77. The van der Waals surface area contributed by atoms with E-state index in [0.717, 1.165) is 0 Å². The molecule has 0 fully saturated rings. The van der Waals surface area contributed by atoms with Gasteiger partial charge in [0.25, 0.3) is 0 Å². The molecule has 0 aliphatic carbocycles. The van der Waals surface area contributed by atoms with Crippen LogP contribution in [0.4, 0.5) is 4.39 Å². The molecule has 0 aromatic heterocycles. The Labute approximate surface area is 92.3 Å². The maximum absolute atomic E-state index is 13.2. The Morgan fingerprint density at radius 2 is 2.31 bits per heavy atom. The zero-order valence-electron chi connectivity index (χ0n) is 8.52. The van der Waals surface area contributed by atoms with Crippen LogP contribution in [0.15, 0.2) is 23.3 Å². The Morgan fingerprint density at radius 3 is 2.94 bits per heavy atom. The lowest BCUT2D eigenvalue weighted by molar-refractivity contribution is 0.275. The Bertz CT molecular complexity index is 470. The van der Waals surface area contributed by atoms with E-state index in [4.69, 9.17) is 10.6 Å². The summed E-state index contributed by atoms with van der Waals surface area (Å²) in [6, 6.07) is 4.40. The average Bonchev–Trinajstić information content (AvgIpc) is 2.29. The van der Waals surface area contributed by atoms with Crippen molar-refractivity contribution in [2.75, 3.05) is 6.54 Å². The van der Waals surface area contributed by atoms with E-state index in [1.807, 2.05) is 0 Å². The Morgan fingerprint density at radius 1 is 1.50 bits per heavy atom. The van der Waals surface area contributed by atoms with Crippen LogP contribution in [0.3, 0.4) is 0 Å². The van der Waals surface area contributed by atoms with E-state index in [2.05, 4.69) is 21.9 Å². The molecule has 16 heavy (non-hydrogen) atoms. The van der Waals surface area contributed by atoms with Gasteiger partial charge in [0.2, 0.25) is 0 Å². The summed E-state index contributed by atoms with van der Waals surface area (Å²) in [7, 11) is 0. The van der Waals surface area contributed by atoms with Crippen LogP contribution in [0.1, 0.15) is 17.5 Å². The fourth-order valence-corrected chi connectivity index (χ4v) is 1.07. The van der Waals surface area contributed by atoms with Crippen molar-refractivity contribution >= 4 is 0 Å². The van der Waals surface area contributed by atoms with Crippen LogP contribution >= 0.6 is 0 Å². The Kier molecular flexibility index (Phi) is 4.87. The smallest absolute Gasteiger partial charge is 0.129 e. The maximum Gasteiger partial charge on any atom is 0.129 e. The van der Waals surface area contributed by atoms with E-state index >= 15 is 0 Å². The molecule has 0 spiro atoms. The number of benzene rings is 1. The standard InChI is InChI=1S/C11H10FN3O/c12-11-7-9(4-5-10(11)8-16)3-1-2-6-14-15-13/h4-5,7,16H,2,6,8H2. The monoisotopic (exact) mass is 219 g/mol. The van der Waals surface area contributed by atoms with Crippen molar-refractivity contribution in [2.45, 2.75) is 13.0 Å². The van der Waals surface area contributed by atoms with Crippen LogP contribution < -0.4 is 0 Å². The predicted octanol–water partition coefficient (Wildman–Crippen LogP) is 2.37. The lowest BCUT2D eigenvalue weighted by atomic mass is 10.1. The molecule has 0 aliphatic heterocycles. The molecule has 4 nitrogen and oxygen atoms in total. The molecule has 0 saturated carbocycles. The van der Waals surface area contributed by atoms with E-state index in [0.29, 0.717) is 18.5 Å². The first kappa shape index (κ1) is 12.1. The molecule has 0 aliphatic rings. The van der Waals surface area contributed by atoms with E-state index in [-0.39, 0.29) is 12.2 Å². The molecule has 1 rings (SSSR count). The Hall–Kier alpha value is -2.02. The topological polar surface area (TPSA) is 69.0 Å². The highest BCUT2D eigenvalue weighted by atomic mass is 19.1. The summed E-state index contributed by atoms with van der Waals surface area (Å²) < 4.78 is 13.2. The molecule has 0 bridgehead atoms. The molecular weight excluding hydrogens is 209 g/mol. The molecule has 82 valence electrons. The summed E-state index contributed by atoms with van der Waals surface area (Å²) >= 11 is 0. The van der Waals surface area contributed by atoms with Crippen molar-refractivity contribution in [3.63, 3.8) is 0 Å². The highest BCUT2D eigenvalue weighted by molar-refractivity contribution is 5.36. The van der Waals surface area contributed by atoms with Gasteiger partial charge in [-0.3, -0.25) is 0 Å². The number of aliphatic hydroxyl groups excluding tert-OH is 1. The van der Waals surface area contributed by atoms with Crippen LogP contribution in [0, 0.1) is 17.7 Å². The minimum atomic E-state index is -0.468. The number of rotatable bonds is 3. The van der Waals surface area contributed by atoms with Crippen LogP contribution in [0.2, 0.25) is 0 Å². The number of azide groups is 1. The first-order valence-electron chi connectivity index (χ1n) is 4.67. The number of nitrogens with zero attached hydrogens (tertiary/aromatic N) is 3. The van der Waals surface area contributed by atoms with E-state index in [1.54, 1.807) is 6.07 Å². The van der Waals surface area contributed by atoms with Gasteiger partial charge in [-0.1, -0.05) is 23.0 Å². The Balaban J connectivity index is 2.67. The third kappa shape index (κ3) is 3.62. The van der Waals surface area contributed by atoms with Gasteiger partial charge < -0.3 is 5.11 Å². The van der Waals surface area contributed by atoms with Gasteiger partial charge in [-0.15, -0.1) is 0 Å². The highest BCUT2D eigenvalue weighted by Crippen LogP contribution is 2.09. The SMILES string of the molecule is [N-]=[N+]=NCCC#Cc1ccc(CO)c(F)c1. The number of aliphatic hydroxyl groups is 1. The van der Waals surface area contributed by atoms with Crippen molar-refractivity contribution < 1.29 is 9.50 Å². The van der Waals surface area contributed by atoms with Crippen molar-refractivity contribution in [3.05, 3.63) is 45.6 Å². The second-order valence-corrected chi connectivity index (χ2v) is 2.97.